The Morgan fingerprint density at radius 3 is 2.19 bits per heavy atom. The molecule has 0 bridgehead atoms. The van der Waals surface area contributed by atoms with Crippen molar-refractivity contribution in [1.29, 1.82) is 0 Å². The fourth-order valence-corrected chi connectivity index (χ4v) is 8.44. The van der Waals surface area contributed by atoms with E-state index in [0.29, 0.717) is 5.92 Å². The molecular formula is C43H45. The van der Waals surface area contributed by atoms with E-state index in [1.54, 1.807) is 0 Å². The standard InChI is InChI=1S/C43H45/c1-24-17-30(41(5,6)7)20-32(24)39-34-18-29-19-35-31(25(2)22-42(35,8)9)21-33(29)38(34)37(27(4)28-15-13-12-14-16-28)36-26(3)23-43(10,11)40(36)39/h12-17,19-24H,1-11H3. The highest BCUT2D eigenvalue weighted by Gasteiger charge is 2.38. The summed E-state index contributed by atoms with van der Waals surface area (Å²) in [4.78, 5) is 0. The maximum Gasteiger partial charge on any atom is 0.00937 e. The van der Waals surface area contributed by atoms with Gasteiger partial charge in [-0.3, -0.25) is 0 Å². The molecule has 1 unspecified atom stereocenters. The van der Waals surface area contributed by atoms with Gasteiger partial charge in [0.2, 0.25) is 0 Å². The van der Waals surface area contributed by atoms with Crippen molar-refractivity contribution in [1.82, 2.24) is 0 Å². The smallest absolute Gasteiger partial charge is 0.00937 e. The van der Waals surface area contributed by atoms with E-state index in [0.717, 1.165) is 0 Å². The molecule has 0 fully saturated rings. The van der Waals surface area contributed by atoms with Crippen LogP contribution in [0.3, 0.4) is 0 Å². The van der Waals surface area contributed by atoms with Crippen molar-refractivity contribution in [2.75, 3.05) is 0 Å². The van der Waals surface area contributed by atoms with E-state index in [-0.39, 0.29) is 16.2 Å². The van der Waals surface area contributed by atoms with Crippen LogP contribution >= 0.6 is 0 Å². The average molecular weight is 562 g/mol. The summed E-state index contributed by atoms with van der Waals surface area (Å²) in [6, 6.07) is 15.9. The summed E-state index contributed by atoms with van der Waals surface area (Å²) in [6.07, 6.45) is 14.0. The van der Waals surface area contributed by atoms with Crippen LogP contribution in [0.1, 0.15) is 115 Å². The molecule has 0 aromatic heterocycles. The molecule has 0 N–H and O–H groups in total. The quantitative estimate of drug-likeness (QED) is 0.229. The first-order chi connectivity index (χ1) is 20.1. The maximum atomic E-state index is 4.09. The first kappa shape index (κ1) is 28.1. The minimum Gasteiger partial charge on any atom is -0.0735 e. The highest BCUT2D eigenvalue weighted by Crippen LogP contribution is 2.49. The summed E-state index contributed by atoms with van der Waals surface area (Å²) in [5.74, 6) is 0.351. The Morgan fingerprint density at radius 2 is 1.53 bits per heavy atom. The number of fused-ring (bicyclic) bond motifs is 4. The lowest BCUT2D eigenvalue weighted by Crippen LogP contribution is -2.24. The van der Waals surface area contributed by atoms with Gasteiger partial charge in [0, 0.05) is 16.7 Å². The molecule has 4 aliphatic carbocycles. The summed E-state index contributed by atoms with van der Waals surface area (Å²) in [5, 5.41) is 5.33. The molecule has 1 atom stereocenters. The Balaban J connectivity index is 1.74. The Bertz CT molecular complexity index is 2110. The lowest BCUT2D eigenvalue weighted by molar-refractivity contribution is 0.516. The Hall–Kier alpha value is -3.64. The number of hydrogen-bond donors (Lipinski definition) is 0. The van der Waals surface area contributed by atoms with Gasteiger partial charge in [-0.2, -0.15) is 0 Å². The largest absolute Gasteiger partial charge is 0.0735 e. The molecule has 0 heterocycles. The van der Waals surface area contributed by atoms with E-state index >= 15 is 0 Å². The third-order valence-electron chi connectivity index (χ3n) is 10.5. The Morgan fingerprint density at radius 1 is 0.860 bits per heavy atom. The van der Waals surface area contributed by atoms with Crippen LogP contribution in [0.4, 0.5) is 0 Å². The second-order valence-electron chi connectivity index (χ2n) is 15.7. The van der Waals surface area contributed by atoms with Gasteiger partial charge < -0.3 is 0 Å². The topological polar surface area (TPSA) is 0 Å². The van der Waals surface area contributed by atoms with Gasteiger partial charge in [-0.05, 0) is 132 Å². The molecule has 0 saturated heterocycles. The monoisotopic (exact) mass is 561 g/mol. The third kappa shape index (κ3) is 4.02. The predicted octanol–water partition coefficient (Wildman–Crippen LogP) is 9.61. The van der Waals surface area contributed by atoms with Crippen molar-refractivity contribution in [3.05, 3.63) is 132 Å². The highest BCUT2D eigenvalue weighted by molar-refractivity contribution is 5.91. The molecule has 3 aromatic rings. The molecule has 7 rings (SSSR count). The van der Waals surface area contributed by atoms with E-state index in [2.05, 4.69) is 149 Å². The zero-order valence-corrected chi connectivity index (χ0v) is 27.9. The minimum atomic E-state index is -0.0833. The molecule has 0 nitrogen and oxygen atoms in total. The van der Waals surface area contributed by atoms with E-state index in [4.69, 9.17) is 0 Å². The van der Waals surface area contributed by atoms with E-state index in [9.17, 15) is 0 Å². The van der Waals surface area contributed by atoms with Crippen molar-refractivity contribution in [3.8, 4) is 0 Å². The SMILES string of the molecule is CC1=CC(C)(C)c2cc3c(cc21)=c1c(c(C2=CC(C(C)(C)C)=CC2C)c2c(c1=C(C)c1ccccc1)C(C)=CC2(C)C)[C]=3. The third-order valence-corrected chi connectivity index (χ3v) is 10.5. The second kappa shape index (κ2) is 8.95. The Kier molecular flexibility index (Phi) is 5.86. The van der Waals surface area contributed by atoms with Gasteiger partial charge in [0.15, 0.2) is 0 Å². The van der Waals surface area contributed by atoms with E-state index in [1.165, 1.54) is 87.7 Å². The van der Waals surface area contributed by atoms with Crippen molar-refractivity contribution in [2.45, 2.75) is 87.0 Å². The van der Waals surface area contributed by atoms with Crippen LogP contribution in [0.5, 0.6) is 0 Å². The first-order valence-corrected chi connectivity index (χ1v) is 16.0. The van der Waals surface area contributed by atoms with Crippen LogP contribution in [0.15, 0.2) is 72.3 Å². The molecule has 1 radical (unpaired) electrons. The average Bonchev–Trinajstić information content (AvgIpc) is 3.62. The molecule has 0 spiro atoms. The molecule has 3 aromatic carbocycles. The molecule has 0 aliphatic heterocycles. The lowest BCUT2D eigenvalue weighted by Gasteiger charge is -2.27. The second-order valence-corrected chi connectivity index (χ2v) is 15.7. The fraction of sp³-hybridized carbons (Fsp3) is 0.349. The summed E-state index contributed by atoms with van der Waals surface area (Å²) < 4.78 is 0. The van der Waals surface area contributed by atoms with Crippen molar-refractivity contribution in [2.24, 2.45) is 11.3 Å². The van der Waals surface area contributed by atoms with Crippen LogP contribution in [-0.4, -0.2) is 0 Å². The predicted molar refractivity (Wildman–Crippen MR) is 185 cm³/mol. The summed E-state index contributed by atoms with van der Waals surface area (Å²) in [6.45, 7) is 25.8. The van der Waals surface area contributed by atoms with Gasteiger partial charge in [-0.15, -0.1) is 0 Å². The van der Waals surface area contributed by atoms with Crippen molar-refractivity contribution in [3.63, 3.8) is 0 Å². The number of rotatable bonds is 2. The summed E-state index contributed by atoms with van der Waals surface area (Å²) in [5.41, 5.74) is 16.8. The van der Waals surface area contributed by atoms with Gasteiger partial charge in [0.05, 0.1) is 0 Å². The molecule has 0 heteroatoms. The van der Waals surface area contributed by atoms with Gasteiger partial charge in [0.25, 0.3) is 0 Å². The normalized spacial score (nSPS) is 21.2. The lowest BCUT2D eigenvalue weighted by atomic mass is 9.76. The molecular weight excluding hydrogens is 516 g/mol. The van der Waals surface area contributed by atoms with Crippen LogP contribution in [0.25, 0.3) is 28.4 Å². The van der Waals surface area contributed by atoms with E-state index in [1.807, 2.05) is 0 Å². The van der Waals surface area contributed by atoms with Crippen LogP contribution in [0.2, 0.25) is 0 Å². The van der Waals surface area contributed by atoms with Crippen molar-refractivity contribution >= 4 is 28.4 Å². The molecule has 0 saturated carbocycles. The molecule has 43 heavy (non-hydrogen) atoms. The summed E-state index contributed by atoms with van der Waals surface area (Å²) >= 11 is 0. The summed E-state index contributed by atoms with van der Waals surface area (Å²) in [7, 11) is 0. The van der Waals surface area contributed by atoms with Gasteiger partial charge in [0.1, 0.15) is 0 Å². The zero-order valence-electron chi connectivity index (χ0n) is 27.9. The zero-order chi connectivity index (χ0) is 30.8. The molecule has 0 amide bonds. The van der Waals surface area contributed by atoms with Crippen LogP contribution < -0.4 is 10.4 Å². The number of benzene rings is 3. The molecule has 217 valence electrons. The maximum absolute atomic E-state index is 4.09. The van der Waals surface area contributed by atoms with Crippen LogP contribution in [-0.2, 0) is 10.8 Å². The van der Waals surface area contributed by atoms with Gasteiger partial charge in [-0.25, -0.2) is 0 Å². The number of hydrogen-bond acceptors (Lipinski definition) is 0. The Labute approximate surface area is 258 Å². The number of allylic oxidation sites excluding steroid dienone is 8. The first-order valence-electron chi connectivity index (χ1n) is 16.0. The van der Waals surface area contributed by atoms with Gasteiger partial charge >= 0.3 is 0 Å². The van der Waals surface area contributed by atoms with Crippen molar-refractivity contribution < 1.29 is 0 Å². The minimum absolute atomic E-state index is 0.0275. The van der Waals surface area contributed by atoms with E-state index < -0.39 is 0 Å². The fourth-order valence-electron chi connectivity index (χ4n) is 8.44. The van der Waals surface area contributed by atoms with Gasteiger partial charge in [-0.1, -0.05) is 110 Å². The molecule has 4 aliphatic rings. The van der Waals surface area contributed by atoms with Crippen LogP contribution in [0, 0.1) is 21.8 Å². The highest BCUT2D eigenvalue weighted by atomic mass is 14.4.